The summed E-state index contributed by atoms with van der Waals surface area (Å²) in [5.41, 5.74) is 5.18. The summed E-state index contributed by atoms with van der Waals surface area (Å²) in [6.45, 7) is 9.30. The van der Waals surface area contributed by atoms with Crippen molar-refractivity contribution in [1.82, 2.24) is 9.97 Å². The molecule has 0 saturated heterocycles. The lowest BCUT2D eigenvalue weighted by Crippen LogP contribution is -2.03. The van der Waals surface area contributed by atoms with Gasteiger partial charge in [0.25, 0.3) is 0 Å². The summed E-state index contributed by atoms with van der Waals surface area (Å²) in [5, 5.41) is 0. The topological polar surface area (TPSA) is 50.5 Å². The molecule has 0 bridgehead atoms. The summed E-state index contributed by atoms with van der Waals surface area (Å²) in [7, 11) is 0. The first-order valence-electron chi connectivity index (χ1n) is 9.36. The van der Waals surface area contributed by atoms with Gasteiger partial charge in [-0.3, -0.25) is 0 Å². The van der Waals surface area contributed by atoms with Crippen LogP contribution in [0.1, 0.15) is 34.9 Å². The van der Waals surface area contributed by atoms with Gasteiger partial charge in [-0.1, -0.05) is 30.3 Å². The highest BCUT2D eigenvalue weighted by Gasteiger charge is 2.11. The van der Waals surface area contributed by atoms with Crippen LogP contribution in [-0.2, 0) is 6.42 Å². The summed E-state index contributed by atoms with van der Waals surface area (Å²) < 4.78 is 13.9. The molecule has 0 aliphatic carbocycles. The minimum Gasteiger partial charge on any atom is -0.245 e. The van der Waals surface area contributed by atoms with Gasteiger partial charge >= 0.3 is 0 Å². The number of hydrogen-bond donors (Lipinski definition) is 0. The molecule has 0 amide bonds. The SMILES string of the molecule is C=N/C(=N\C=C/C)c1cc(Cc2ccnc(-c3cccc(F)c3C)n2)ccc1C. The van der Waals surface area contributed by atoms with E-state index >= 15 is 0 Å². The van der Waals surface area contributed by atoms with Crippen molar-refractivity contribution in [1.29, 1.82) is 0 Å². The maximum Gasteiger partial charge on any atom is 0.159 e. The largest absolute Gasteiger partial charge is 0.245 e. The zero-order chi connectivity index (χ0) is 20.8. The molecule has 1 heterocycles. The highest BCUT2D eigenvalue weighted by molar-refractivity contribution is 6.03. The van der Waals surface area contributed by atoms with E-state index in [0.29, 0.717) is 29.2 Å². The van der Waals surface area contributed by atoms with Crippen molar-refractivity contribution in [2.75, 3.05) is 0 Å². The number of aliphatic imine (C=N–C) groups is 2. The molecular weight excluding hydrogens is 363 g/mol. The second-order valence-electron chi connectivity index (χ2n) is 6.70. The van der Waals surface area contributed by atoms with E-state index in [1.165, 1.54) is 6.07 Å². The van der Waals surface area contributed by atoms with Crippen LogP contribution >= 0.6 is 0 Å². The number of amidine groups is 1. The summed E-state index contributed by atoms with van der Waals surface area (Å²) in [6, 6.07) is 13.0. The number of aryl methyl sites for hydroxylation is 1. The van der Waals surface area contributed by atoms with Gasteiger partial charge in [-0.25, -0.2) is 24.3 Å². The molecule has 0 fully saturated rings. The molecule has 0 unspecified atom stereocenters. The van der Waals surface area contributed by atoms with E-state index in [2.05, 4.69) is 38.8 Å². The predicted molar refractivity (Wildman–Crippen MR) is 117 cm³/mol. The van der Waals surface area contributed by atoms with Crippen LogP contribution in [0, 0.1) is 19.7 Å². The molecule has 0 atom stereocenters. The Labute approximate surface area is 170 Å². The quantitative estimate of drug-likeness (QED) is 0.431. The fraction of sp³-hybridized carbons (Fsp3) is 0.167. The highest BCUT2D eigenvalue weighted by atomic mass is 19.1. The summed E-state index contributed by atoms with van der Waals surface area (Å²) in [4.78, 5) is 17.4. The third-order valence-electron chi connectivity index (χ3n) is 4.65. The molecule has 0 saturated carbocycles. The molecule has 4 nitrogen and oxygen atoms in total. The van der Waals surface area contributed by atoms with Crippen LogP contribution in [0.15, 0.2) is 70.9 Å². The summed E-state index contributed by atoms with van der Waals surface area (Å²) in [5.74, 6) is 0.848. The molecular formula is C24H23FN4. The first-order valence-corrected chi connectivity index (χ1v) is 9.36. The zero-order valence-electron chi connectivity index (χ0n) is 16.9. The van der Waals surface area contributed by atoms with Crippen molar-refractivity contribution < 1.29 is 4.39 Å². The van der Waals surface area contributed by atoms with Crippen LogP contribution in [-0.4, -0.2) is 22.5 Å². The molecule has 1 aromatic heterocycles. The van der Waals surface area contributed by atoms with Gasteiger partial charge in [0.1, 0.15) is 5.82 Å². The van der Waals surface area contributed by atoms with Crippen molar-refractivity contribution >= 4 is 12.6 Å². The van der Waals surface area contributed by atoms with Crippen molar-refractivity contribution in [2.45, 2.75) is 27.2 Å². The Morgan fingerprint density at radius 3 is 2.76 bits per heavy atom. The molecule has 0 spiro atoms. The van der Waals surface area contributed by atoms with Gasteiger partial charge in [0.15, 0.2) is 11.7 Å². The van der Waals surface area contributed by atoms with E-state index in [0.717, 1.165) is 22.4 Å². The number of rotatable bonds is 5. The van der Waals surface area contributed by atoms with Crippen LogP contribution in [0.25, 0.3) is 11.4 Å². The first-order chi connectivity index (χ1) is 14.0. The normalized spacial score (nSPS) is 11.8. The van der Waals surface area contributed by atoms with Gasteiger partial charge in [0.2, 0.25) is 0 Å². The van der Waals surface area contributed by atoms with Gasteiger partial charge in [0, 0.05) is 35.6 Å². The van der Waals surface area contributed by atoms with Gasteiger partial charge in [0.05, 0.1) is 0 Å². The Kier molecular flexibility index (Phi) is 6.39. The van der Waals surface area contributed by atoms with Gasteiger partial charge in [-0.05, 0) is 62.4 Å². The molecule has 2 aromatic carbocycles. The molecule has 146 valence electrons. The minimum absolute atomic E-state index is 0.260. The number of nitrogens with zero attached hydrogens (tertiary/aromatic N) is 4. The molecule has 0 radical (unpaired) electrons. The monoisotopic (exact) mass is 386 g/mol. The Balaban J connectivity index is 1.94. The third kappa shape index (κ3) is 4.69. The predicted octanol–water partition coefficient (Wildman–Crippen LogP) is 5.47. The van der Waals surface area contributed by atoms with E-state index in [4.69, 9.17) is 0 Å². The lowest BCUT2D eigenvalue weighted by atomic mass is 10.0. The van der Waals surface area contributed by atoms with Crippen LogP contribution in [0.4, 0.5) is 4.39 Å². The Morgan fingerprint density at radius 2 is 2.00 bits per heavy atom. The van der Waals surface area contributed by atoms with E-state index < -0.39 is 0 Å². The molecule has 29 heavy (non-hydrogen) atoms. The van der Waals surface area contributed by atoms with Crippen molar-refractivity contribution in [2.24, 2.45) is 9.98 Å². The fourth-order valence-corrected chi connectivity index (χ4v) is 3.04. The molecule has 0 aliphatic rings. The van der Waals surface area contributed by atoms with Gasteiger partial charge in [-0.15, -0.1) is 0 Å². The molecule has 5 heteroatoms. The van der Waals surface area contributed by atoms with Gasteiger partial charge < -0.3 is 0 Å². The lowest BCUT2D eigenvalue weighted by molar-refractivity contribution is 0.619. The van der Waals surface area contributed by atoms with Crippen molar-refractivity contribution in [3.63, 3.8) is 0 Å². The summed E-state index contributed by atoms with van der Waals surface area (Å²) in [6.07, 6.45) is 5.88. The van der Waals surface area contributed by atoms with Crippen LogP contribution in [0.3, 0.4) is 0 Å². The number of halogens is 1. The zero-order valence-corrected chi connectivity index (χ0v) is 16.9. The molecule has 3 aromatic rings. The average molecular weight is 386 g/mol. The van der Waals surface area contributed by atoms with Crippen molar-refractivity contribution in [3.8, 4) is 11.4 Å². The Hall–Kier alpha value is -3.47. The van der Waals surface area contributed by atoms with Crippen LogP contribution < -0.4 is 0 Å². The second kappa shape index (κ2) is 9.15. The number of hydrogen-bond acceptors (Lipinski definition) is 3. The Bertz CT molecular complexity index is 1100. The molecule has 0 aliphatic heterocycles. The summed E-state index contributed by atoms with van der Waals surface area (Å²) >= 11 is 0. The maximum absolute atomic E-state index is 13.9. The van der Waals surface area contributed by atoms with E-state index in [-0.39, 0.29) is 5.82 Å². The second-order valence-corrected chi connectivity index (χ2v) is 6.70. The number of benzene rings is 2. The maximum atomic E-state index is 13.9. The minimum atomic E-state index is -0.260. The van der Waals surface area contributed by atoms with E-state index in [1.54, 1.807) is 25.4 Å². The highest BCUT2D eigenvalue weighted by Crippen LogP contribution is 2.23. The number of aromatic nitrogens is 2. The average Bonchev–Trinajstić information content (AvgIpc) is 2.73. The first kappa shape index (κ1) is 20.3. The molecule has 3 rings (SSSR count). The smallest absolute Gasteiger partial charge is 0.159 e. The Morgan fingerprint density at radius 1 is 1.17 bits per heavy atom. The lowest BCUT2D eigenvalue weighted by Gasteiger charge is -2.10. The fourth-order valence-electron chi connectivity index (χ4n) is 3.04. The van der Waals surface area contributed by atoms with Gasteiger partial charge in [-0.2, -0.15) is 0 Å². The number of allylic oxidation sites excluding steroid dienone is 1. The van der Waals surface area contributed by atoms with E-state index in [1.807, 2.05) is 38.1 Å². The van der Waals surface area contributed by atoms with Crippen LogP contribution in [0.5, 0.6) is 0 Å². The van der Waals surface area contributed by atoms with Crippen molar-refractivity contribution in [3.05, 3.63) is 94.7 Å². The van der Waals surface area contributed by atoms with E-state index in [9.17, 15) is 4.39 Å². The third-order valence-corrected chi connectivity index (χ3v) is 4.65. The standard InChI is InChI=1S/C24H23FN4/c1-5-12-27-23(26-4)21-15-18(10-9-16(21)2)14-19-11-13-28-24(29-19)20-7-6-8-22(25)17(20)3/h5-13,15H,4,14H2,1-3H3/b12-5-,27-23-. The van der Waals surface area contributed by atoms with Crippen LogP contribution in [0.2, 0.25) is 0 Å². The molecule has 0 N–H and O–H groups in total.